The van der Waals surface area contributed by atoms with Crippen LogP contribution in [0, 0.1) is 0 Å². The van der Waals surface area contributed by atoms with Gasteiger partial charge < -0.3 is 14.8 Å². The minimum Gasteiger partial charge on any atom is -0.497 e. The summed E-state index contributed by atoms with van der Waals surface area (Å²) >= 11 is 0. The molecule has 0 aliphatic carbocycles. The van der Waals surface area contributed by atoms with E-state index in [0.29, 0.717) is 6.54 Å². The van der Waals surface area contributed by atoms with Crippen LogP contribution >= 0.6 is 0 Å². The van der Waals surface area contributed by atoms with Crippen LogP contribution in [0.4, 0.5) is 0 Å². The van der Waals surface area contributed by atoms with Crippen LogP contribution in [0.15, 0.2) is 78.9 Å². The Morgan fingerprint density at radius 2 is 1.63 bits per heavy atom. The maximum absolute atomic E-state index is 12.1. The Kier molecular flexibility index (Phi) is 6.47. The fourth-order valence-corrected chi connectivity index (χ4v) is 2.78. The molecule has 0 atom stereocenters. The van der Waals surface area contributed by atoms with Gasteiger partial charge in [-0.2, -0.15) is 0 Å². The predicted molar refractivity (Wildman–Crippen MR) is 106 cm³/mol. The van der Waals surface area contributed by atoms with Gasteiger partial charge in [-0.15, -0.1) is 0 Å². The van der Waals surface area contributed by atoms with Gasteiger partial charge >= 0.3 is 0 Å². The Labute approximate surface area is 159 Å². The molecule has 0 fully saturated rings. The molecule has 0 spiro atoms. The second-order valence-corrected chi connectivity index (χ2v) is 6.19. The first kappa shape index (κ1) is 18.5. The molecule has 27 heavy (non-hydrogen) atoms. The summed E-state index contributed by atoms with van der Waals surface area (Å²) in [7, 11) is 1.62. The van der Waals surface area contributed by atoms with Crippen molar-refractivity contribution in [2.24, 2.45) is 0 Å². The van der Waals surface area contributed by atoms with E-state index in [4.69, 9.17) is 9.47 Å². The largest absolute Gasteiger partial charge is 0.497 e. The van der Waals surface area contributed by atoms with E-state index in [2.05, 4.69) is 17.4 Å². The number of benzene rings is 3. The summed E-state index contributed by atoms with van der Waals surface area (Å²) in [6.45, 7) is 0.417. The third-order valence-electron chi connectivity index (χ3n) is 4.19. The molecule has 0 aromatic heterocycles. The smallest absolute Gasteiger partial charge is 0.258 e. The van der Waals surface area contributed by atoms with E-state index in [1.54, 1.807) is 7.11 Å². The van der Waals surface area contributed by atoms with Gasteiger partial charge in [0.2, 0.25) is 0 Å². The highest BCUT2D eigenvalue weighted by molar-refractivity contribution is 5.77. The van der Waals surface area contributed by atoms with Crippen LogP contribution in [0.1, 0.15) is 16.7 Å². The topological polar surface area (TPSA) is 47.6 Å². The molecule has 0 aliphatic rings. The lowest BCUT2D eigenvalue weighted by Crippen LogP contribution is -2.28. The van der Waals surface area contributed by atoms with Crippen molar-refractivity contribution in [2.45, 2.75) is 13.0 Å². The highest BCUT2D eigenvalue weighted by Crippen LogP contribution is 2.21. The first-order chi connectivity index (χ1) is 13.2. The maximum Gasteiger partial charge on any atom is 0.258 e. The van der Waals surface area contributed by atoms with Crippen molar-refractivity contribution < 1.29 is 14.3 Å². The molecule has 0 heterocycles. The van der Waals surface area contributed by atoms with Gasteiger partial charge in [0.05, 0.1) is 7.11 Å². The highest BCUT2D eigenvalue weighted by atomic mass is 16.5. The number of hydrogen-bond donors (Lipinski definition) is 1. The number of ether oxygens (including phenoxy) is 2. The van der Waals surface area contributed by atoms with Gasteiger partial charge in [-0.05, 0) is 34.9 Å². The number of methoxy groups -OCH3 is 1. The number of nitrogens with one attached hydrogen (secondary N) is 1. The maximum atomic E-state index is 12.1. The van der Waals surface area contributed by atoms with Gasteiger partial charge in [0, 0.05) is 13.0 Å². The molecular weight excluding hydrogens is 338 g/mol. The lowest BCUT2D eigenvalue weighted by atomic mass is 10.0. The van der Waals surface area contributed by atoms with Gasteiger partial charge in [0.15, 0.2) is 6.61 Å². The number of carbonyl (C=O) groups is 1. The molecule has 3 rings (SSSR count). The molecule has 0 saturated heterocycles. The van der Waals surface area contributed by atoms with E-state index in [0.717, 1.165) is 29.0 Å². The van der Waals surface area contributed by atoms with E-state index in [1.807, 2.05) is 66.7 Å². The van der Waals surface area contributed by atoms with Crippen molar-refractivity contribution >= 4 is 5.91 Å². The molecule has 3 aromatic rings. The number of para-hydroxylation sites is 1. The van der Waals surface area contributed by atoms with Crippen molar-refractivity contribution in [3.8, 4) is 11.5 Å². The summed E-state index contributed by atoms with van der Waals surface area (Å²) in [6, 6.07) is 25.6. The lowest BCUT2D eigenvalue weighted by molar-refractivity contribution is -0.123. The SMILES string of the molecule is COc1cccc(CNC(=O)COc2ccccc2Cc2ccccc2)c1. The van der Waals surface area contributed by atoms with Gasteiger partial charge in [0.25, 0.3) is 5.91 Å². The average molecular weight is 361 g/mol. The van der Waals surface area contributed by atoms with Crippen LogP contribution in [-0.2, 0) is 17.8 Å². The summed E-state index contributed by atoms with van der Waals surface area (Å²) in [5, 5.41) is 2.87. The first-order valence-corrected chi connectivity index (χ1v) is 8.89. The number of carbonyl (C=O) groups excluding carboxylic acids is 1. The molecule has 0 saturated carbocycles. The molecule has 4 nitrogen and oxygen atoms in total. The zero-order valence-electron chi connectivity index (χ0n) is 15.4. The van der Waals surface area contributed by atoms with E-state index < -0.39 is 0 Å². The molecule has 138 valence electrons. The van der Waals surface area contributed by atoms with Crippen molar-refractivity contribution in [2.75, 3.05) is 13.7 Å². The summed E-state index contributed by atoms with van der Waals surface area (Å²) < 4.78 is 11.0. The second kappa shape index (κ2) is 9.43. The monoisotopic (exact) mass is 361 g/mol. The highest BCUT2D eigenvalue weighted by Gasteiger charge is 2.08. The normalized spacial score (nSPS) is 10.3. The summed E-state index contributed by atoms with van der Waals surface area (Å²) in [6.07, 6.45) is 0.766. The quantitative estimate of drug-likeness (QED) is 0.660. The minimum atomic E-state index is -0.160. The molecule has 0 radical (unpaired) electrons. The Morgan fingerprint density at radius 1 is 0.889 bits per heavy atom. The van der Waals surface area contributed by atoms with Crippen LogP contribution in [0.2, 0.25) is 0 Å². The van der Waals surface area contributed by atoms with Gasteiger partial charge in [-0.25, -0.2) is 0 Å². The predicted octanol–water partition coefficient (Wildman–Crippen LogP) is 3.98. The summed E-state index contributed by atoms with van der Waals surface area (Å²) in [5.41, 5.74) is 3.24. The van der Waals surface area contributed by atoms with Crippen molar-refractivity contribution in [3.63, 3.8) is 0 Å². The molecule has 1 N–H and O–H groups in total. The fourth-order valence-electron chi connectivity index (χ4n) is 2.78. The standard InChI is InChI=1S/C23H23NO3/c1-26-21-12-7-10-19(15-21)16-24-23(25)17-27-22-13-6-5-11-20(22)14-18-8-3-2-4-9-18/h2-13,15H,14,16-17H2,1H3,(H,24,25). The number of amides is 1. The Morgan fingerprint density at radius 3 is 2.44 bits per heavy atom. The van der Waals surface area contributed by atoms with E-state index in [9.17, 15) is 4.79 Å². The Balaban J connectivity index is 1.54. The zero-order valence-corrected chi connectivity index (χ0v) is 15.4. The van der Waals surface area contributed by atoms with E-state index in [1.165, 1.54) is 5.56 Å². The zero-order chi connectivity index (χ0) is 18.9. The minimum absolute atomic E-state index is 0.0181. The van der Waals surface area contributed by atoms with Crippen molar-refractivity contribution in [3.05, 3.63) is 95.6 Å². The lowest BCUT2D eigenvalue weighted by Gasteiger charge is -2.12. The molecule has 0 unspecified atom stereocenters. The van der Waals surface area contributed by atoms with Crippen molar-refractivity contribution in [1.29, 1.82) is 0 Å². The van der Waals surface area contributed by atoms with Crippen LogP contribution < -0.4 is 14.8 Å². The molecule has 0 aliphatic heterocycles. The molecule has 0 bridgehead atoms. The summed E-state index contributed by atoms with van der Waals surface area (Å²) in [4.78, 5) is 12.1. The van der Waals surface area contributed by atoms with Gasteiger partial charge in [-0.1, -0.05) is 60.7 Å². The fraction of sp³-hybridized carbons (Fsp3) is 0.174. The molecule has 4 heteroatoms. The third-order valence-corrected chi connectivity index (χ3v) is 4.19. The third kappa shape index (κ3) is 5.61. The number of hydrogen-bond acceptors (Lipinski definition) is 3. The van der Waals surface area contributed by atoms with E-state index in [-0.39, 0.29) is 12.5 Å². The van der Waals surface area contributed by atoms with Gasteiger partial charge in [0.1, 0.15) is 11.5 Å². The number of rotatable bonds is 8. The molecule has 3 aromatic carbocycles. The van der Waals surface area contributed by atoms with Crippen LogP contribution in [0.5, 0.6) is 11.5 Å². The molecule has 1 amide bonds. The average Bonchev–Trinajstić information content (AvgIpc) is 2.72. The Bertz CT molecular complexity index is 878. The van der Waals surface area contributed by atoms with Crippen molar-refractivity contribution in [1.82, 2.24) is 5.32 Å². The van der Waals surface area contributed by atoms with Crippen LogP contribution in [0.25, 0.3) is 0 Å². The summed E-state index contributed by atoms with van der Waals surface area (Å²) in [5.74, 6) is 1.35. The van der Waals surface area contributed by atoms with E-state index >= 15 is 0 Å². The van der Waals surface area contributed by atoms with Gasteiger partial charge in [-0.3, -0.25) is 4.79 Å². The molecular formula is C23H23NO3. The second-order valence-electron chi connectivity index (χ2n) is 6.19. The first-order valence-electron chi connectivity index (χ1n) is 8.89. The van der Waals surface area contributed by atoms with Crippen LogP contribution in [-0.4, -0.2) is 19.6 Å². The van der Waals surface area contributed by atoms with Crippen LogP contribution in [0.3, 0.4) is 0 Å². The Hall–Kier alpha value is -3.27.